The lowest BCUT2D eigenvalue weighted by Crippen LogP contribution is -2.13. The van der Waals surface area contributed by atoms with Crippen molar-refractivity contribution in [3.8, 4) is 17.5 Å². The average Bonchev–Trinajstić information content (AvgIpc) is 2.74. The number of halogens is 1. The molecule has 0 saturated carbocycles. The Labute approximate surface area is 95.7 Å². The van der Waals surface area contributed by atoms with Crippen molar-refractivity contribution < 1.29 is 9.18 Å². The number of benzene rings is 1. The summed E-state index contributed by atoms with van der Waals surface area (Å²) < 4.78 is 12.7. The molecule has 3 N–H and O–H groups in total. The summed E-state index contributed by atoms with van der Waals surface area (Å²) in [4.78, 5) is 17.6. The van der Waals surface area contributed by atoms with Gasteiger partial charge < -0.3 is 10.7 Å². The average molecular weight is 230 g/mol. The molecule has 0 fully saturated rings. The van der Waals surface area contributed by atoms with E-state index in [0.29, 0.717) is 11.4 Å². The van der Waals surface area contributed by atoms with E-state index >= 15 is 0 Å². The quantitative estimate of drug-likeness (QED) is 0.810. The summed E-state index contributed by atoms with van der Waals surface area (Å²) in [5, 5.41) is 8.77. The Morgan fingerprint density at radius 3 is 2.53 bits per heavy atom. The van der Waals surface area contributed by atoms with Gasteiger partial charge in [-0.1, -0.05) is 0 Å². The molecule has 17 heavy (non-hydrogen) atoms. The van der Waals surface area contributed by atoms with Crippen LogP contribution >= 0.6 is 0 Å². The van der Waals surface area contributed by atoms with Crippen LogP contribution in [-0.2, 0) is 0 Å². The normalized spacial score (nSPS) is 9.88. The van der Waals surface area contributed by atoms with E-state index in [-0.39, 0.29) is 17.2 Å². The van der Waals surface area contributed by atoms with Gasteiger partial charge in [-0.15, -0.1) is 0 Å². The topological polar surface area (TPSA) is 95.6 Å². The summed E-state index contributed by atoms with van der Waals surface area (Å²) in [6.07, 6.45) is 0. The molecule has 6 heteroatoms. The van der Waals surface area contributed by atoms with Crippen LogP contribution in [0.1, 0.15) is 16.2 Å². The van der Waals surface area contributed by atoms with E-state index in [1.807, 2.05) is 0 Å². The third-order valence-electron chi connectivity index (χ3n) is 2.17. The van der Waals surface area contributed by atoms with E-state index in [1.165, 1.54) is 24.3 Å². The van der Waals surface area contributed by atoms with Crippen molar-refractivity contribution in [3.05, 3.63) is 41.5 Å². The number of nitrogens with two attached hydrogens (primary N) is 1. The third kappa shape index (κ3) is 1.99. The minimum absolute atomic E-state index is 0.0492. The summed E-state index contributed by atoms with van der Waals surface area (Å²) in [6.45, 7) is 0. The molecular formula is C11H7FN4O. The number of nitriles is 1. The Morgan fingerprint density at radius 2 is 2.06 bits per heavy atom. The molecule has 0 saturated heterocycles. The van der Waals surface area contributed by atoms with Gasteiger partial charge in [0.1, 0.15) is 23.4 Å². The third-order valence-corrected chi connectivity index (χ3v) is 2.17. The lowest BCUT2D eigenvalue weighted by molar-refractivity contribution is 0.0996. The van der Waals surface area contributed by atoms with Gasteiger partial charge in [0, 0.05) is 5.56 Å². The molecule has 1 aromatic heterocycles. The standard InChI is InChI=1S/C11H7FN4O/c12-7-3-1-6(2-4-7)11-15-8(5-13)9(16-11)10(14)17/h1-4H,(H2,14,17)(H,15,16). The second-order valence-electron chi connectivity index (χ2n) is 3.29. The largest absolute Gasteiger partial charge is 0.364 e. The molecule has 0 unspecified atom stereocenters. The number of imidazole rings is 1. The number of aromatic nitrogens is 2. The molecule has 0 spiro atoms. The first-order valence-electron chi connectivity index (χ1n) is 4.67. The number of nitrogens with zero attached hydrogens (tertiary/aromatic N) is 2. The number of hydrogen-bond acceptors (Lipinski definition) is 3. The monoisotopic (exact) mass is 230 g/mol. The van der Waals surface area contributed by atoms with Gasteiger partial charge in [-0.3, -0.25) is 4.79 Å². The number of carbonyl (C=O) groups excluding carboxylic acids is 1. The van der Waals surface area contributed by atoms with Crippen molar-refractivity contribution in [2.24, 2.45) is 5.73 Å². The number of aromatic amines is 1. The maximum Gasteiger partial charge on any atom is 0.268 e. The summed E-state index contributed by atoms with van der Waals surface area (Å²) in [7, 11) is 0. The molecule has 1 heterocycles. The van der Waals surface area contributed by atoms with Gasteiger partial charge in [0.15, 0.2) is 5.69 Å². The molecule has 0 aliphatic rings. The molecule has 1 amide bonds. The number of nitrogens with one attached hydrogen (secondary N) is 1. The van der Waals surface area contributed by atoms with Crippen molar-refractivity contribution in [1.29, 1.82) is 5.26 Å². The first-order valence-corrected chi connectivity index (χ1v) is 4.67. The first-order chi connectivity index (χ1) is 8.11. The molecule has 0 aliphatic heterocycles. The zero-order valence-electron chi connectivity index (χ0n) is 8.57. The van der Waals surface area contributed by atoms with E-state index in [9.17, 15) is 9.18 Å². The highest BCUT2D eigenvalue weighted by molar-refractivity contribution is 5.93. The number of H-pyrrole nitrogens is 1. The number of carbonyl (C=O) groups is 1. The zero-order valence-corrected chi connectivity index (χ0v) is 8.57. The van der Waals surface area contributed by atoms with Crippen LogP contribution in [0.15, 0.2) is 24.3 Å². The van der Waals surface area contributed by atoms with Crippen LogP contribution in [0.25, 0.3) is 11.4 Å². The fourth-order valence-corrected chi connectivity index (χ4v) is 1.38. The van der Waals surface area contributed by atoms with Crippen LogP contribution in [0.4, 0.5) is 4.39 Å². The summed E-state index contributed by atoms with van der Waals surface area (Å²) in [5.74, 6) is -0.839. The van der Waals surface area contributed by atoms with Gasteiger partial charge in [0.25, 0.3) is 5.91 Å². The Bertz CT molecular complexity index is 609. The van der Waals surface area contributed by atoms with Gasteiger partial charge in [0.05, 0.1) is 0 Å². The molecule has 1 aromatic carbocycles. The number of amides is 1. The molecule has 0 atom stereocenters. The van der Waals surface area contributed by atoms with E-state index in [1.54, 1.807) is 6.07 Å². The number of hydrogen-bond donors (Lipinski definition) is 2. The lowest BCUT2D eigenvalue weighted by Gasteiger charge is -1.95. The van der Waals surface area contributed by atoms with E-state index in [4.69, 9.17) is 11.0 Å². The minimum atomic E-state index is -0.762. The van der Waals surface area contributed by atoms with Gasteiger partial charge in [-0.25, -0.2) is 9.37 Å². The van der Waals surface area contributed by atoms with Crippen LogP contribution in [0, 0.1) is 17.1 Å². The Morgan fingerprint density at radius 1 is 1.41 bits per heavy atom. The van der Waals surface area contributed by atoms with Crippen molar-refractivity contribution in [3.63, 3.8) is 0 Å². The molecule has 84 valence electrons. The predicted molar refractivity (Wildman–Crippen MR) is 57.2 cm³/mol. The summed E-state index contributed by atoms with van der Waals surface area (Å²) in [6, 6.07) is 7.25. The highest BCUT2D eigenvalue weighted by Gasteiger charge is 2.15. The number of primary amides is 1. The van der Waals surface area contributed by atoms with Gasteiger partial charge in [-0.2, -0.15) is 5.26 Å². The molecule has 5 nitrogen and oxygen atoms in total. The van der Waals surface area contributed by atoms with Crippen molar-refractivity contribution >= 4 is 5.91 Å². The SMILES string of the molecule is N#Cc1nc(-c2ccc(F)cc2)[nH]c1C(N)=O. The van der Waals surface area contributed by atoms with Crippen molar-refractivity contribution in [2.45, 2.75) is 0 Å². The molecular weight excluding hydrogens is 223 g/mol. The maximum absolute atomic E-state index is 12.7. The highest BCUT2D eigenvalue weighted by atomic mass is 19.1. The minimum Gasteiger partial charge on any atom is -0.364 e. The van der Waals surface area contributed by atoms with Crippen LogP contribution in [-0.4, -0.2) is 15.9 Å². The van der Waals surface area contributed by atoms with E-state index in [0.717, 1.165) is 0 Å². The van der Waals surface area contributed by atoms with Crippen molar-refractivity contribution in [1.82, 2.24) is 9.97 Å². The van der Waals surface area contributed by atoms with Gasteiger partial charge in [0.2, 0.25) is 0 Å². The Hall–Kier alpha value is -2.68. The second kappa shape index (κ2) is 4.06. The predicted octanol–water partition coefficient (Wildman–Crippen LogP) is 1.19. The fraction of sp³-hybridized carbons (Fsp3) is 0. The Kier molecular flexibility index (Phi) is 2.58. The first kappa shape index (κ1) is 10.8. The maximum atomic E-state index is 12.7. The molecule has 2 rings (SSSR count). The molecule has 0 radical (unpaired) electrons. The van der Waals surface area contributed by atoms with Gasteiger partial charge >= 0.3 is 0 Å². The molecule has 0 aliphatic carbocycles. The smallest absolute Gasteiger partial charge is 0.268 e. The van der Waals surface area contributed by atoms with E-state index in [2.05, 4.69) is 9.97 Å². The summed E-state index contributed by atoms with van der Waals surface area (Å²) >= 11 is 0. The van der Waals surface area contributed by atoms with Gasteiger partial charge in [-0.05, 0) is 24.3 Å². The molecule has 2 aromatic rings. The molecule has 0 bridgehead atoms. The van der Waals surface area contributed by atoms with E-state index < -0.39 is 5.91 Å². The Balaban J connectivity index is 2.51. The second-order valence-corrected chi connectivity index (χ2v) is 3.29. The van der Waals surface area contributed by atoms with Crippen LogP contribution < -0.4 is 5.73 Å². The van der Waals surface area contributed by atoms with Crippen LogP contribution in [0.2, 0.25) is 0 Å². The van der Waals surface area contributed by atoms with Crippen LogP contribution in [0.3, 0.4) is 0 Å². The lowest BCUT2D eigenvalue weighted by atomic mass is 10.2. The fourth-order valence-electron chi connectivity index (χ4n) is 1.38. The van der Waals surface area contributed by atoms with Crippen LogP contribution in [0.5, 0.6) is 0 Å². The highest BCUT2D eigenvalue weighted by Crippen LogP contribution is 2.18. The number of rotatable bonds is 2. The van der Waals surface area contributed by atoms with Crippen molar-refractivity contribution in [2.75, 3.05) is 0 Å². The zero-order chi connectivity index (χ0) is 12.4. The summed E-state index contributed by atoms with van der Waals surface area (Å²) in [5.41, 5.74) is 5.53.